The number of nitrogens with two attached hydrogens (primary N) is 1. The predicted molar refractivity (Wildman–Crippen MR) is 117 cm³/mol. The molecule has 0 unspecified atom stereocenters. The highest BCUT2D eigenvalue weighted by molar-refractivity contribution is 5.27. The zero-order chi connectivity index (χ0) is 19.7. The average Bonchev–Trinajstić information content (AvgIpc) is 2.79. The largest absolute Gasteiger partial charge is 0.489 e. The Labute approximate surface area is 174 Å². The molecule has 29 heavy (non-hydrogen) atoms. The lowest BCUT2D eigenvalue weighted by atomic mass is 10.0. The minimum atomic E-state index is 0.621. The number of ether oxygens (including phenoxy) is 1. The van der Waals surface area contributed by atoms with Crippen LogP contribution in [-0.2, 0) is 19.7 Å². The Balaban J connectivity index is 1.17. The molecule has 1 aliphatic rings. The van der Waals surface area contributed by atoms with Crippen molar-refractivity contribution in [1.82, 2.24) is 0 Å². The summed E-state index contributed by atoms with van der Waals surface area (Å²) in [5.74, 6) is 0.940. The van der Waals surface area contributed by atoms with E-state index in [0.717, 1.165) is 24.9 Å². The van der Waals surface area contributed by atoms with Gasteiger partial charge in [-0.25, -0.2) is 0 Å². The first-order valence-electron chi connectivity index (χ1n) is 10.8. The van der Waals surface area contributed by atoms with Gasteiger partial charge in [0.05, 0.1) is 19.1 Å². The maximum absolute atomic E-state index is 5.89. The fraction of sp³-hybridized carbons (Fsp3) is 0.308. The number of benzene rings is 3. The van der Waals surface area contributed by atoms with Crippen molar-refractivity contribution in [3.63, 3.8) is 0 Å². The summed E-state index contributed by atoms with van der Waals surface area (Å²) in [4.78, 5) is 1.72. The zero-order valence-electron chi connectivity index (χ0n) is 17.1. The van der Waals surface area contributed by atoms with Gasteiger partial charge in [0.1, 0.15) is 25.4 Å². The number of nitrogens with one attached hydrogen (secondary N) is 1. The molecule has 3 heteroatoms. The summed E-state index contributed by atoms with van der Waals surface area (Å²) in [6.45, 7) is 5.40. The van der Waals surface area contributed by atoms with Crippen molar-refractivity contribution >= 4 is 0 Å². The van der Waals surface area contributed by atoms with Gasteiger partial charge in [-0.15, -0.1) is 0 Å². The molecule has 1 saturated heterocycles. The van der Waals surface area contributed by atoms with Crippen molar-refractivity contribution in [1.29, 1.82) is 0 Å². The molecule has 0 spiro atoms. The highest BCUT2D eigenvalue weighted by Gasteiger charge is 2.24. The van der Waals surface area contributed by atoms with Gasteiger partial charge in [-0.1, -0.05) is 60.7 Å². The molecule has 150 valence electrons. The van der Waals surface area contributed by atoms with Gasteiger partial charge in [0.15, 0.2) is 0 Å². The minimum absolute atomic E-state index is 0.621. The molecular formula is C26H32N2O+2. The predicted octanol–water partition coefficient (Wildman–Crippen LogP) is 2.58. The van der Waals surface area contributed by atoms with Crippen LogP contribution in [-0.4, -0.2) is 19.1 Å². The third kappa shape index (κ3) is 6.18. The number of rotatable bonds is 8. The Kier molecular flexibility index (Phi) is 6.95. The molecule has 0 amide bonds. The van der Waals surface area contributed by atoms with Crippen LogP contribution in [0.2, 0.25) is 0 Å². The van der Waals surface area contributed by atoms with Crippen molar-refractivity contribution in [2.75, 3.05) is 13.1 Å². The molecule has 1 fully saturated rings. The summed E-state index contributed by atoms with van der Waals surface area (Å²) in [6.07, 6.45) is 2.61. The van der Waals surface area contributed by atoms with Crippen molar-refractivity contribution in [3.8, 4) is 5.75 Å². The van der Waals surface area contributed by atoms with Crippen LogP contribution in [0.5, 0.6) is 5.75 Å². The minimum Gasteiger partial charge on any atom is -0.489 e. The van der Waals surface area contributed by atoms with Gasteiger partial charge in [-0.05, 0) is 29.8 Å². The SMILES string of the molecule is c1ccc(COc2ccc(C[NH2+]C3CC[NH+](Cc4ccccc4)CC3)cc2)cc1. The maximum atomic E-state index is 5.89. The maximum Gasteiger partial charge on any atom is 0.119 e. The monoisotopic (exact) mass is 388 g/mol. The van der Waals surface area contributed by atoms with Crippen LogP contribution in [0.3, 0.4) is 0 Å². The number of piperidine rings is 1. The van der Waals surface area contributed by atoms with Crippen LogP contribution in [0.15, 0.2) is 84.9 Å². The third-order valence-corrected chi connectivity index (χ3v) is 5.89. The molecular weight excluding hydrogens is 356 g/mol. The Hall–Kier alpha value is -2.62. The molecule has 3 nitrogen and oxygen atoms in total. The van der Waals surface area contributed by atoms with E-state index < -0.39 is 0 Å². The number of likely N-dealkylation sites (tertiary alicyclic amines) is 1. The van der Waals surface area contributed by atoms with Crippen molar-refractivity contribution in [2.24, 2.45) is 0 Å². The topological polar surface area (TPSA) is 30.3 Å². The first-order chi connectivity index (χ1) is 14.3. The highest BCUT2D eigenvalue weighted by Crippen LogP contribution is 2.14. The van der Waals surface area contributed by atoms with Gasteiger partial charge < -0.3 is 15.0 Å². The molecule has 1 aliphatic heterocycles. The van der Waals surface area contributed by atoms with Gasteiger partial charge in [0.2, 0.25) is 0 Å². The Morgan fingerprint density at radius 2 is 1.34 bits per heavy atom. The fourth-order valence-corrected chi connectivity index (χ4v) is 4.11. The van der Waals surface area contributed by atoms with Crippen molar-refractivity contribution in [3.05, 3.63) is 102 Å². The smallest absolute Gasteiger partial charge is 0.119 e. The molecule has 3 N–H and O–H groups in total. The van der Waals surface area contributed by atoms with E-state index >= 15 is 0 Å². The summed E-state index contributed by atoms with van der Waals surface area (Å²) in [5, 5.41) is 2.53. The normalized spacial score (nSPS) is 19.0. The molecule has 3 aromatic carbocycles. The number of quaternary nitrogens is 2. The lowest BCUT2D eigenvalue weighted by Gasteiger charge is -2.28. The molecule has 3 aromatic rings. The van der Waals surface area contributed by atoms with Gasteiger partial charge in [0, 0.05) is 24.0 Å². The summed E-state index contributed by atoms with van der Waals surface area (Å²) in [5.41, 5.74) is 4.03. The van der Waals surface area contributed by atoms with Gasteiger partial charge >= 0.3 is 0 Å². The first-order valence-corrected chi connectivity index (χ1v) is 10.8. The van der Waals surface area contributed by atoms with Crippen LogP contribution in [0.25, 0.3) is 0 Å². The summed E-state index contributed by atoms with van der Waals surface area (Å²) in [7, 11) is 0. The van der Waals surface area contributed by atoms with E-state index in [1.807, 2.05) is 18.2 Å². The summed E-state index contributed by atoms with van der Waals surface area (Å²) >= 11 is 0. The Morgan fingerprint density at radius 1 is 0.724 bits per heavy atom. The molecule has 0 bridgehead atoms. The summed E-state index contributed by atoms with van der Waals surface area (Å²) < 4.78 is 5.89. The van der Waals surface area contributed by atoms with Crippen LogP contribution in [0.4, 0.5) is 0 Å². The quantitative estimate of drug-likeness (QED) is 0.610. The van der Waals surface area contributed by atoms with Gasteiger partial charge in [0.25, 0.3) is 0 Å². The van der Waals surface area contributed by atoms with Gasteiger partial charge in [-0.3, -0.25) is 0 Å². The molecule has 1 heterocycles. The van der Waals surface area contributed by atoms with Crippen LogP contribution < -0.4 is 15.0 Å². The fourth-order valence-electron chi connectivity index (χ4n) is 4.11. The second-order valence-corrected chi connectivity index (χ2v) is 8.11. The Bertz CT molecular complexity index is 841. The van der Waals surface area contributed by atoms with E-state index in [-0.39, 0.29) is 0 Å². The molecule has 0 aliphatic carbocycles. The lowest BCUT2D eigenvalue weighted by Crippen LogP contribution is -3.13. The molecule has 0 saturated carbocycles. The number of hydrogen-bond acceptors (Lipinski definition) is 1. The van der Waals surface area contributed by atoms with E-state index in [4.69, 9.17) is 4.74 Å². The molecule has 0 atom stereocenters. The number of hydrogen-bond donors (Lipinski definition) is 2. The molecule has 4 rings (SSSR count). The second-order valence-electron chi connectivity index (χ2n) is 8.11. The molecule has 0 radical (unpaired) electrons. The highest BCUT2D eigenvalue weighted by atomic mass is 16.5. The zero-order valence-corrected chi connectivity index (χ0v) is 17.1. The standard InChI is InChI=1S/C26H30N2O/c1-3-7-23(8-4-1)20-28-17-15-25(16-18-28)27-19-22-11-13-26(14-12-22)29-21-24-9-5-2-6-10-24/h1-14,25,27H,15-21H2/p+2. The van der Waals surface area contributed by atoms with E-state index in [2.05, 4.69) is 72.0 Å². The van der Waals surface area contributed by atoms with E-state index in [0.29, 0.717) is 6.61 Å². The van der Waals surface area contributed by atoms with Crippen molar-refractivity contribution < 1.29 is 15.0 Å². The second kappa shape index (κ2) is 10.2. The van der Waals surface area contributed by atoms with Crippen LogP contribution in [0.1, 0.15) is 29.5 Å². The van der Waals surface area contributed by atoms with E-state index in [9.17, 15) is 0 Å². The van der Waals surface area contributed by atoms with Crippen LogP contribution in [0, 0.1) is 0 Å². The van der Waals surface area contributed by atoms with E-state index in [1.54, 1.807) is 4.90 Å². The molecule has 0 aromatic heterocycles. The van der Waals surface area contributed by atoms with E-state index in [1.165, 1.54) is 42.6 Å². The van der Waals surface area contributed by atoms with Crippen molar-refractivity contribution in [2.45, 2.75) is 38.6 Å². The van der Waals surface area contributed by atoms with Crippen LogP contribution >= 0.6 is 0 Å². The average molecular weight is 389 g/mol. The summed E-state index contributed by atoms with van der Waals surface area (Å²) in [6, 6.07) is 30.5. The third-order valence-electron chi connectivity index (χ3n) is 5.89. The van der Waals surface area contributed by atoms with Gasteiger partial charge in [-0.2, -0.15) is 0 Å². The lowest BCUT2D eigenvalue weighted by molar-refractivity contribution is -0.926. The Morgan fingerprint density at radius 3 is 2.00 bits per heavy atom. The first kappa shape index (κ1) is 19.7.